The maximum absolute atomic E-state index is 5.87. The van der Waals surface area contributed by atoms with Gasteiger partial charge in [-0.3, -0.25) is 4.98 Å². The molecule has 0 saturated heterocycles. The zero-order valence-corrected chi connectivity index (χ0v) is 11.9. The molecule has 1 heterocycles. The highest BCUT2D eigenvalue weighted by molar-refractivity contribution is 9.10. The first-order valence-electron chi connectivity index (χ1n) is 5.46. The number of pyridine rings is 1. The van der Waals surface area contributed by atoms with Crippen molar-refractivity contribution in [2.75, 3.05) is 6.54 Å². The maximum atomic E-state index is 5.87. The van der Waals surface area contributed by atoms with Gasteiger partial charge in [0, 0.05) is 16.7 Å². The summed E-state index contributed by atoms with van der Waals surface area (Å²) in [5.41, 5.74) is 6.64. The third-order valence-corrected chi connectivity index (χ3v) is 3.04. The van der Waals surface area contributed by atoms with Crippen LogP contribution in [-0.2, 0) is 6.42 Å². The molecule has 2 aromatic rings. The summed E-state index contributed by atoms with van der Waals surface area (Å²) in [6.07, 6.45) is 3.94. The summed E-state index contributed by atoms with van der Waals surface area (Å²) in [7, 11) is 0. The molecule has 0 aliphatic heterocycles. The summed E-state index contributed by atoms with van der Waals surface area (Å²) in [4.78, 5) is 3.98. The zero-order valence-electron chi connectivity index (χ0n) is 9.57. The molecule has 0 aliphatic rings. The lowest BCUT2D eigenvalue weighted by Crippen LogP contribution is -2.04. The lowest BCUT2D eigenvalue weighted by molar-refractivity contribution is 0.474. The number of rotatable bonds is 4. The van der Waals surface area contributed by atoms with Crippen LogP contribution >= 0.6 is 27.5 Å². The van der Waals surface area contributed by atoms with Gasteiger partial charge in [-0.05, 0) is 36.7 Å². The van der Waals surface area contributed by atoms with Crippen LogP contribution < -0.4 is 10.5 Å². The molecule has 2 N–H and O–H groups in total. The van der Waals surface area contributed by atoms with E-state index in [1.165, 1.54) is 0 Å². The number of benzene rings is 1. The first-order chi connectivity index (χ1) is 8.69. The van der Waals surface area contributed by atoms with Crippen LogP contribution in [0.5, 0.6) is 11.5 Å². The number of aromatic nitrogens is 1. The fourth-order valence-corrected chi connectivity index (χ4v) is 2.15. The average molecular weight is 328 g/mol. The van der Waals surface area contributed by atoms with Crippen molar-refractivity contribution < 1.29 is 4.74 Å². The fourth-order valence-electron chi connectivity index (χ4n) is 1.57. The van der Waals surface area contributed by atoms with Crippen molar-refractivity contribution in [1.82, 2.24) is 4.98 Å². The highest BCUT2D eigenvalue weighted by atomic mass is 79.9. The Balaban J connectivity index is 2.28. The second kappa shape index (κ2) is 6.18. The standard InChI is InChI=1S/C13H12BrClN2O/c14-10-1-2-13(9(5-10)3-4-16)18-12-6-11(15)7-17-8-12/h1-2,5-8H,3-4,16H2. The minimum absolute atomic E-state index is 0.546. The number of nitrogens with two attached hydrogens (primary N) is 1. The Kier molecular flexibility index (Phi) is 4.58. The molecule has 0 aliphatic carbocycles. The van der Waals surface area contributed by atoms with Gasteiger partial charge in [0.05, 0.1) is 11.2 Å². The van der Waals surface area contributed by atoms with Gasteiger partial charge in [0.1, 0.15) is 11.5 Å². The normalized spacial score (nSPS) is 10.4. The maximum Gasteiger partial charge on any atom is 0.147 e. The molecule has 0 spiro atoms. The molecule has 3 nitrogen and oxygen atoms in total. The molecule has 0 fully saturated rings. The summed E-state index contributed by atoms with van der Waals surface area (Å²) < 4.78 is 6.78. The van der Waals surface area contributed by atoms with E-state index in [-0.39, 0.29) is 0 Å². The van der Waals surface area contributed by atoms with Gasteiger partial charge in [-0.15, -0.1) is 0 Å². The van der Waals surface area contributed by atoms with E-state index in [1.54, 1.807) is 18.5 Å². The van der Waals surface area contributed by atoms with Crippen molar-refractivity contribution in [3.8, 4) is 11.5 Å². The monoisotopic (exact) mass is 326 g/mol. The van der Waals surface area contributed by atoms with E-state index >= 15 is 0 Å². The van der Waals surface area contributed by atoms with Crippen molar-refractivity contribution in [1.29, 1.82) is 0 Å². The van der Waals surface area contributed by atoms with Crippen LogP contribution in [0.3, 0.4) is 0 Å². The fraction of sp³-hybridized carbons (Fsp3) is 0.154. The highest BCUT2D eigenvalue weighted by Crippen LogP contribution is 2.29. The molecule has 0 radical (unpaired) electrons. The Bertz CT molecular complexity index is 548. The molecular formula is C13H12BrClN2O. The molecule has 2 rings (SSSR count). The molecule has 0 bridgehead atoms. The third kappa shape index (κ3) is 3.45. The van der Waals surface area contributed by atoms with Gasteiger partial charge < -0.3 is 10.5 Å². The summed E-state index contributed by atoms with van der Waals surface area (Å²) >= 11 is 9.30. The van der Waals surface area contributed by atoms with E-state index in [2.05, 4.69) is 20.9 Å². The number of hydrogen-bond donors (Lipinski definition) is 1. The molecule has 1 aromatic carbocycles. The van der Waals surface area contributed by atoms with Crippen LogP contribution in [0.25, 0.3) is 0 Å². The Hall–Kier alpha value is -1.10. The van der Waals surface area contributed by atoms with E-state index < -0.39 is 0 Å². The first kappa shape index (κ1) is 13.3. The minimum atomic E-state index is 0.546. The topological polar surface area (TPSA) is 48.1 Å². The van der Waals surface area contributed by atoms with Crippen LogP contribution in [0.1, 0.15) is 5.56 Å². The Morgan fingerprint density at radius 2 is 2.11 bits per heavy atom. The van der Waals surface area contributed by atoms with Crippen LogP contribution in [0, 0.1) is 0 Å². The number of halogens is 2. The molecular weight excluding hydrogens is 316 g/mol. The largest absolute Gasteiger partial charge is 0.455 e. The van der Waals surface area contributed by atoms with Crippen molar-refractivity contribution >= 4 is 27.5 Å². The SMILES string of the molecule is NCCc1cc(Br)ccc1Oc1cncc(Cl)c1. The Morgan fingerprint density at radius 3 is 2.83 bits per heavy atom. The molecule has 94 valence electrons. The second-order valence-electron chi connectivity index (χ2n) is 3.73. The van der Waals surface area contributed by atoms with Crippen molar-refractivity contribution in [2.45, 2.75) is 6.42 Å². The summed E-state index contributed by atoms with van der Waals surface area (Å²) in [6.45, 7) is 0.570. The quantitative estimate of drug-likeness (QED) is 0.929. The summed E-state index contributed by atoms with van der Waals surface area (Å²) in [6, 6.07) is 7.55. The number of hydrogen-bond acceptors (Lipinski definition) is 3. The zero-order chi connectivity index (χ0) is 13.0. The predicted molar refractivity (Wildman–Crippen MR) is 76.2 cm³/mol. The van der Waals surface area contributed by atoms with Crippen LogP contribution in [-0.4, -0.2) is 11.5 Å². The van der Waals surface area contributed by atoms with E-state index in [0.29, 0.717) is 17.3 Å². The smallest absolute Gasteiger partial charge is 0.147 e. The Labute approximate surface area is 119 Å². The molecule has 1 aromatic heterocycles. The van der Waals surface area contributed by atoms with Gasteiger partial charge in [-0.25, -0.2) is 0 Å². The summed E-state index contributed by atoms with van der Waals surface area (Å²) in [5.74, 6) is 1.39. The molecule has 0 unspecified atom stereocenters. The van der Waals surface area contributed by atoms with Gasteiger partial charge in [-0.1, -0.05) is 27.5 Å². The first-order valence-corrected chi connectivity index (χ1v) is 6.63. The van der Waals surface area contributed by atoms with Crippen molar-refractivity contribution in [2.24, 2.45) is 5.73 Å². The molecule has 0 saturated carbocycles. The summed E-state index contributed by atoms with van der Waals surface area (Å²) in [5, 5.41) is 0.546. The van der Waals surface area contributed by atoms with Gasteiger partial charge in [0.25, 0.3) is 0 Å². The van der Waals surface area contributed by atoms with E-state index in [4.69, 9.17) is 22.1 Å². The molecule has 18 heavy (non-hydrogen) atoms. The number of nitrogens with zero attached hydrogens (tertiary/aromatic N) is 1. The van der Waals surface area contributed by atoms with Crippen LogP contribution in [0.4, 0.5) is 0 Å². The van der Waals surface area contributed by atoms with Crippen LogP contribution in [0.15, 0.2) is 41.1 Å². The lowest BCUT2D eigenvalue weighted by atomic mass is 10.1. The van der Waals surface area contributed by atoms with Crippen molar-refractivity contribution in [3.05, 3.63) is 51.7 Å². The van der Waals surface area contributed by atoms with Crippen LogP contribution in [0.2, 0.25) is 5.02 Å². The van der Waals surface area contributed by atoms with Gasteiger partial charge in [0.15, 0.2) is 0 Å². The van der Waals surface area contributed by atoms with Gasteiger partial charge in [-0.2, -0.15) is 0 Å². The van der Waals surface area contributed by atoms with E-state index in [1.807, 2.05) is 18.2 Å². The highest BCUT2D eigenvalue weighted by Gasteiger charge is 2.06. The van der Waals surface area contributed by atoms with Crippen molar-refractivity contribution in [3.63, 3.8) is 0 Å². The van der Waals surface area contributed by atoms with Gasteiger partial charge >= 0.3 is 0 Å². The number of ether oxygens (including phenoxy) is 1. The lowest BCUT2D eigenvalue weighted by Gasteiger charge is -2.11. The molecule has 0 amide bonds. The van der Waals surface area contributed by atoms with E-state index in [0.717, 1.165) is 22.2 Å². The molecule has 0 atom stereocenters. The minimum Gasteiger partial charge on any atom is -0.455 e. The van der Waals surface area contributed by atoms with Gasteiger partial charge in [0.2, 0.25) is 0 Å². The third-order valence-electron chi connectivity index (χ3n) is 2.34. The van der Waals surface area contributed by atoms with E-state index in [9.17, 15) is 0 Å². The Morgan fingerprint density at radius 1 is 1.28 bits per heavy atom. The predicted octanol–water partition coefficient (Wildman–Crippen LogP) is 3.79. The molecule has 5 heteroatoms. The average Bonchev–Trinajstić information content (AvgIpc) is 2.33. The second-order valence-corrected chi connectivity index (χ2v) is 5.08.